The highest BCUT2D eigenvalue weighted by Gasteiger charge is 2.15. The van der Waals surface area contributed by atoms with Crippen molar-refractivity contribution in [2.24, 2.45) is 0 Å². The van der Waals surface area contributed by atoms with Crippen LogP contribution in [0.5, 0.6) is 0 Å². The van der Waals surface area contributed by atoms with E-state index in [1.807, 2.05) is 13.8 Å². The molecule has 0 aliphatic rings. The molecule has 0 radical (unpaired) electrons. The summed E-state index contributed by atoms with van der Waals surface area (Å²) in [5, 5.41) is 10.6. The fourth-order valence-corrected chi connectivity index (χ4v) is 0.565. The molecule has 0 aromatic carbocycles. The van der Waals surface area contributed by atoms with Crippen molar-refractivity contribution in [1.82, 2.24) is 5.43 Å². The lowest BCUT2D eigenvalue weighted by Gasteiger charge is -2.29. The van der Waals surface area contributed by atoms with Crippen molar-refractivity contribution < 1.29 is 5.17 Å². The average molecular weight is 132 g/mol. The van der Waals surface area contributed by atoms with Crippen LogP contribution in [0.2, 0.25) is 0 Å². The molecule has 9 heavy (non-hydrogen) atoms. The molecule has 0 amide bonds. The summed E-state index contributed by atoms with van der Waals surface area (Å²) in [7, 11) is 1.54. The first-order chi connectivity index (χ1) is 3.98. The standard InChI is InChI=1S/C6H16N2O/c1-5-6(2,3)7-8(4)9/h7-8H,5H2,1-4H3. The number of hydroxylamine groups is 1. The number of nitrogens with one attached hydrogen (secondary N) is 2. The summed E-state index contributed by atoms with van der Waals surface area (Å²) in [6.45, 7) is 6.07. The Balaban J connectivity index is 3.58. The van der Waals surface area contributed by atoms with Gasteiger partial charge in [-0.05, 0) is 20.3 Å². The summed E-state index contributed by atoms with van der Waals surface area (Å²) in [6, 6.07) is 0. The van der Waals surface area contributed by atoms with E-state index in [0.29, 0.717) is 0 Å². The normalized spacial score (nSPS) is 15.7. The second-order valence-electron chi connectivity index (χ2n) is 2.92. The van der Waals surface area contributed by atoms with Crippen LogP contribution in [0, 0.1) is 5.21 Å². The van der Waals surface area contributed by atoms with Crippen LogP contribution in [0.3, 0.4) is 0 Å². The maximum atomic E-state index is 10.5. The second kappa shape index (κ2) is 3.15. The summed E-state index contributed by atoms with van der Waals surface area (Å²) >= 11 is 0. The van der Waals surface area contributed by atoms with Gasteiger partial charge in [0, 0.05) is 0 Å². The van der Waals surface area contributed by atoms with Crippen molar-refractivity contribution in [3.63, 3.8) is 0 Å². The molecule has 2 N–H and O–H groups in total. The van der Waals surface area contributed by atoms with Crippen molar-refractivity contribution >= 4 is 0 Å². The Morgan fingerprint density at radius 1 is 1.56 bits per heavy atom. The highest BCUT2D eigenvalue weighted by Crippen LogP contribution is 2.02. The lowest BCUT2D eigenvalue weighted by atomic mass is 10.0. The summed E-state index contributed by atoms with van der Waals surface area (Å²) in [5.74, 6) is 0. The molecule has 3 heteroatoms. The van der Waals surface area contributed by atoms with Crippen molar-refractivity contribution in [3.8, 4) is 0 Å². The SMILES string of the molecule is CCC(C)(C)N[NH+](C)[O-]. The minimum atomic E-state index is -0.0359. The zero-order chi connectivity index (χ0) is 7.49. The first-order valence-corrected chi connectivity index (χ1v) is 3.26. The van der Waals surface area contributed by atoms with Gasteiger partial charge in [0.25, 0.3) is 0 Å². The molecule has 0 aromatic rings. The van der Waals surface area contributed by atoms with Crippen LogP contribution in [0.25, 0.3) is 0 Å². The highest BCUT2D eigenvalue weighted by atomic mass is 16.5. The molecule has 1 atom stereocenters. The molecule has 3 nitrogen and oxygen atoms in total. The molecule has 0 saturated heterocycles. The van der Waals surface area contributed by atoms with Gasteiger partial charge in [0.1, 0.15) is 0 Å². The van der Waals surface area contributed by atoms with E-state index in [0.717, 1.165) is 6.42 Å². The van der Waals surface area contributed by atoms with Gasteiger partial charge >= 0.3 is 0 Å². The van der Waals surface area contributed by atoms with E-state index in [1.54, 1.807) is 0 Å². The molecule has 0 aromatic heterocycles. The maximum Gasteiger partial charge on any atom is 0.0839 e. The van der Waals surface area contributed by atoms with Gasteiger partial charge in [-0.3, -0.25) is 5.17 Å². The zero-order valence-electron chi connectivity index (χ0n) is 6.62. The smallest absolute Gasteiger partial charge is 0.0839 e. The molecule has 0 saturated carbocycles. The van der Waals surface area contributed by atoms with Gasteiger partial charge in [-0.2, -0.15) is 5.43 Å². The van der Waals surface area contributed by atoms with Crippen LogP contribution in [0.1, 0.15) is 27.2 Å². The average Bonchev–Trinajstić information content (AvgIpc) is 1.63. The Morgan fingerprint density at radius 3 is 2.11 bits per heavy atom. The molecular formula is C6H16N2O. The third-order valence-electron chi connectivity index (χ3n) is 1.40. The Morgan fingerprint density at radius 2 is 2.00 bits per heavy atom. The van der Waals surface area contributed by atoms with Crippen molar-refractivity contribution in [2.45, 2.75) is 32.7 Å². The molecule has 0 fully saturated rings. The van der Waals surface area contributed by atoms with E-state index < -0.39 is 0 Å². The van der Waals surface area contributed by atoms with E-state index in [2.05, 4.69) is 12.3 Å². The van der Waals surface area contributed by atoms with Crippen LogP contribution in [-0.2, 0) is 0 Å². The highest BCUT2D eigenvalue weighted by molar-refractivity contribution is 4.68. The molecule has 0 heterocycles. The number of hydrogen-bond acceptors (Lipinski definition) is 2. The first kappa shape index (κ1) is 8.88. The van der Waals surface area contributed by atoms with Gasteiger partial charge in [-0.25, -0.2) is 0 Å². The molecule has 0 aliphatic carbocycles. The molecule has 0 spiro atoms. The van der Waals surface area contributed by atoms with Gasteiger partial charge in [-0.15, -0.1) is 0 Å². The first-order valence-electron chi connectivity index (χ1n) is 3.26. The van der Waals surface area contributed by atoms with E-state index in [4.69, 9.17) is 0 Å². The summed E-state index contributed by atoms with van der Waals surface area (Å²) in [6.07, 6.45) is 0.965. The number of hydrogen-bond donors (Lipinski definition) is 2. The van der Waals surface area contributed by atoms with E-state index in [-0.39, 0.29) is 10.7 Å². The Hall–Kier alpha value is -0.120. The minimum Gasteiger partial charge on any atom is -0.613 e. The van der Waals surface area contributed by atoms with Crippen molar-refractivity contribution in [3.05, 3.63) is 5.21 Å². The predicted molar refractivity (Wildman–Crippen MR) is 37.8 cm³/mol. The van der Waals surface area contributed by atoms with Crippen LogP contribution < -0.4 is 10.6 Å². The zero-order valence-corrected chi connectivity index (χ0v) is 6.62. The van der Waals surface area contributed by atoms with E-state index in [9.17, 15) is 5.21 Å². The summed E-state index contributed by atoms with van der Waals surface area (Å²) in [4.78, 5) is 0. The predicted octanol–water partition coefficient (Wildman–Crippen LogP) is -0.308. The third-order valence-corrected chi connectivity index (χ3v) is 1.40. The Labute approximate surface area is 56.6 Å². The molecule has 0 aliphatic heterocycles. The number of rotatable bonds is 3. The molecular weight excluding hydrogens is 116 g/mol. The fraction of sp³-hybridized carbons (Fsp3) is 1.00. The molecule has 1 unspecified atom stereocenters. The van der Waals surface area contributed by atoms with E-state index in [1.165, 1.54) is 7.05 Å². The van der Waals surface area contributed by atoms with Gasteiger partial charge in [0.05, 0.1) is 12.6 Å². The topological polar surface area (TPSA) is 39.5 Å². The second-order valence-corrected chi connectivity index (χ2v) is 2.92. The molecule has 0 bridgehead atoms. The van der Waals surface area contributed by atoms with Gasteiger partial charge in [-0.1, -0.05) is 6.92 Å². The van der Waals surface area contributed by atoms with Crippen molar-refractivity contribution in [1.29, 1.82) is 0 Å². The van der Waals surface area contributed by atoms with Gasteiger partial charge in [0.15, 0.2) is 0 Å². The van der Waals surface area contributed by atoms with Crippen LogP contribution in [0.15, 0.2) is 0 Å². The minimum absolute atomic E-state index is 0.0359. The van der Waals surface area contributed by atoms with Crippen LogP contribution >= 0.6 is 0 Å². The lowest BCUT2D eigenvalue weighted by molar-refractivity contribution is -0.882. The van der Waals surface area contributed by atoms with Crippen LogP contribution in [0.4, 0.5) is 0 Å². The van der Waals surface area contributed by atoms with E-state index >= 15 is 0 Å². The van der Waals surface area contributed by atoms with Crippen LogP contribution in [-0.4, -0.2) is 12.6 Å². The van der Waals surface area contributed by atoms with Gasteiger partial charge in [0.2, 0.25) is 0 Å². The Bertz CT molecular complexity index is 81.1. The summed E-state index contributed by atoms with van der Waals surface area (Å²) < 4.78 is 0. The van der Waals surface area contributed by atoms with Gasteiger partial charge < -0.3 is 5.21 Å². The number of quaternary nitrogens is 1. The molecule has 56 valence electrons. The quantitative estimate of drug-likeness (QED) is 0.517. The van der Waals surface area contributed by atoms with Crippen molar-refractivity contribution in [2.75, 3.05) is 7.05 Å². The largest absolute Gasteiger partial charge is 0.613 e. The fourth-order valence-electron chi connectivity index (χ4n) is 0.565. The lowest BCUT2D eigenvalue weighted by Crippen LogP contribution is -3.13. The third kappa shape index (κ3) is 4.39. The monoisotopic (exact) mass is 132 g/mol. The molecule has 0 rings (SSSR count). The summed E-state index contributed by atoms with van der Waals surface area (Å²) in [5.41, 5.74) is 2.79. The Kier molecular flexibility index (Phi) is 3.11. The maximum absolute atomic E-state index is 10.5.